The van der Waals surface area contributed by atoms with Gasteiger partial charge in [0.1, 0.15) is 22.7 Å². The number of fused-ring (bicyclic) bond motifs is 1. The molecule has 0 spiro atoms. The molecule has 2 aromatic carbocycles. The fraction of sp³-hybridized carbons (Fsp3) is 0.259. The molecule has 5 aromatic rings. The largest absolute Gasteiger partial charge is 0.451 e. The fourth-order valence-electron chi connectivity index (χ4n) is 4.68. The SMILES string of the molecule is C[C@H](c1ccc(F)c(Br)c1)n1cc(C2(O)CN(C(=O)c3oc4ccccc4c3CSc3nccn3C)C2)nn1. The van der Waals surface area contributed by atoms with Crippen molar-refractivity contribution >= 4 is 44.6 Å². The summed E-state index contributed by atoms with van der Waals surface area (Å²) in [6, 6.07) is 12.1. The van der Waals surface area contributed by atoms with Crippen LogP contribution >= 0.6 is 27.7 Å². The quantitative estimate of drug-likeness (QED) is 0.261. The molecule has 1 fully saturated rings. The molecule has 200 valence electrons. The van der Waals surface area contributed by atoms with Crippen molar-refractivity contribution in [1.82, 2.24) is 29.4 Å². The highest BCUT2D eigenvalue weighted by Gasteiger charge is 2.48. The molecule has 1 atom stereocenters. The minimum Gasteiger partial charge on any atom is -0.451 e. The Kier molecular flexibility index (Phi) is 6.56. The summed E-state index contributed by atoms with van der Waals surface area (Å²) in [5, 5.41) is 21.3. The number of aryl methyl sites for hydroxylation is 1. The second-order valence-electron chi connectivity index (χ2n) is 9.64. The lowest BCUT2D eigenvalue weighted by molar-refractivity contribution is -0.0900. The zero-order chi connectivity index (χ0) is 27.3. The number of hydrogen-bond acceptors (Lipinski definition) is 7. The molecule has 6 rings (SSSR count). The Bertz CT molecular complexity index is 1690. The van der Waals surface area contributed by atoms with Crippen molar-refractivity contribution in [3.63, 3.8) is 0 Å². The number of para-hydroxylation sites is 1. The van der Waals surface area contributed by atoms with Gasteiger partial charge in [-0.3, -0.25) is 4.79 Å². The monoisotopic (exact) mass is 610 g/mol. The van der Waals surface area contributed by atoms with Crippen LogP contribution in [0.15, 0.2) is 75.1 Å². The molecular weight excluding hydrogens is 587 g/mol. The summed E-state index contributed by atoms with van der Waals surface area (Å²) in [5.41, 5.74) is 1.30. The second-order valence-corrected chi connectivity index (χ2v) is 11.4. The third-order valence-corrected chi connectivity index (χ3v) is 8.71. The van der Waals surface area contributed by atoms with E-state index in [1.165, 1.54) is 17.8 Å². The number of likely N-dealkylation sites (tertiary alicyclic amines) is 1. The number of nitrogens with zero attached hydrogens (tertiary/aromatic N) is 6. The Morgan fingerprint density at radius 1 is 1.28 bits per heavy atom. The third-order valence-electron chi connectivity index (χ3n) is 7.02. The number of thioether (sulfide) groups is 1. The van der Waals surface area contributed by atoms with E-state index < -0.39 is 5.60 Å². The molecule has 12 heteroatoms. The van der Waals surface area contributed by atoms with E-state index in [1.54, 1.807) is 34.1 Å². The van der Waals surface area contributed by atoms with Crippen LogP contribution in [0.1, 0.15) is 40.3 Å². The molecular formula is C27H24BrFN6O3S. The van der Waals surface area contributed by atoms with Gasteiger partial charge in [-0.25, -0.2) is 14.1 Å². The maximum atomic E-state index is 13.7. The van der Waals surface area contributed by atoms with Crippen LogP contribution in [0.2, 0.25) is 0 Å². The van der Waals surface area contributed by atoms with Gasteiger partial charge in [-0.05, 0) is 46.6 Å². The van der Waals surface area contributed by atoms with Gasteiger partial charge in [0.15, 0.2) is 10.9 Å². The number of aromatic nitrogens is 5. The highest BCUT2D eigenvalue weighted by Crippen LogP contribution is 2.36. The molecule has 0 radical (unpaired) electrons. The van der Waals surface area contributed by atoms with Crippen LogP contribution in [0.4, 0.5) is 4.39 Å². The summed E-state index contributed by atoms with van der Waals surface area (Å²) in [5.74, 6) is 0.135. The molecule has 1 saturated heterocycles. The topological polar surface area (TPSA) is 102 Å². The predicted octanol–water partition coefficient (Wildman–Crippen LogP) is 4.90. The van der Waals surface area contributed by atoms with Gasteiger partial charge in [-0.15, -0.1) is 5.10 Å². The van der Waals surface area contributed by atoms with E-state index in [1.807, 2.05) is 49.0 Å². The van der Waals surface area contributed by atoms with Gasteiger partial charge >= 0.3 is 0 Å². The average Bonchev–Trinajstić information content (AvgIpc) is 3.65. The van der Waals surface area contributed by atoms with E-state index >= 15 is 0 Å². The highest BCUT2D eigenvalue weighted by atomic mass is 79.9. The molecule has 0 saturated carbocycles. The lowest BCUT2D eigenvalue weighted by Gasteiger charge is -2.44. The minimum absolute atomic E-state index is 0.0595. The van der Waals surface area contributed by atoms with Gasteiger partial charge in [0, 0.05) is 36.1 Å². The third kappa shape index (κ3) is 4.66. The molecule has 1 N–H and O–H groups in total. The zero-order valence-electron chi connectivity index (χ0n) is 21.1. The Balaban J connectivity index is 1.19. The van der Waals surface area contributed by atoms with Gasteiger partial charge in [-0.2, -0.15) is 0 Å². The fourth-order valence-corrected chi connectivity index (χ4v) is 6.04. The molecule has 0 bridgehead atoms. The Morgan fingerprint density at radius 2 is 2.08 bits per heavy atom. The average molecular weight is 611 g/mol. The van der Waals surface area contributed by atoms with E-state index in [9.17, 15) is 14.3 Å². The van der Waals surface area contributed by atoms with E-state index in [2.05, 4.69) is 31.2 Å². The smallest absolute Gasteiger partial charge is 0.290 e. The zero-order valence-corrected chi connectivity index (χ0v) is 23.5. The number of carbonyl (C=O) groups excluding carboxylic acids is 1. The van der Waals surface area contributed by atoms with E-state index in [0.717, 1.165) is 21.7 Å². The highest BCUT2D eigenvalue weighted by molar-refractivity contribution is 9.10. The second kappa shape index (κ2) is 9.92. The number of carbonyl (C=O) groups is 1. The first-order valence-electron chi connectivity index (χ1n) is 12.2. The number of aliphatic hydroxyl groups is 1. The maximum absolute atomic E-state index is 13.7. The van der Waals surface area contributed by atoms with Gasteiger partial charge in [0.25, 0.3) is 5.91 Å². The summed E-state index contributed by atoms with van der Waals surface area (Å²) < 4.78 is 23.6. The number of imidazole rings is 1. The van der Waals surface area contributed by atoms with Crippen LogP contribution in [-0.4, -0.2) is 53.5 Å². The first-order valence-corrected chi connectivity index (χ1v) is 14.0. The molecule has 3 aromatic heterocycles. The lowest BCUT2D eigenvalue weighted by atomic mass is 9.90. The number of rotatable bonds is 7. The van der Waals surface area contributed by atoms with Crippen molar-refractivity contribution in [3.8, 4) is 0 Å². The maximum Gasteiger partial charge on any atom is 0.290 e. The van der Waals surface area contributed by atoms with E-state index in [-0.39, 0.29) is 36.6 Å². The summed E-state index contributed by atoms with van der Waals surface area (Å²) in [6.07, 6.45) is 5.27. The van der Waals surface area contributed by atoms with Crippen molar-refractivity contribution in [2.24, 2.45) is 7.05 Å². The molecule has 1 amide bonds. The van der Waals surface area contributed by atoms with Crippen molar-refractivity contribution in [1.29, 1.82) is 0 Å². The Labute approximate surface area is 235 Å². The normalized spacial score (nSPS) is 15.5. The lowest BCUT2D eigenvalue weighted by Crippen LogP contribution is -2.61. The molecule has 4 heterocycles. The summed E-state index contributed by atoms with van der Waals surface area (Å²) in [4.78, 5) is 19.4. The molecule has 1 aliphatic heterocycles. The summed E-state index contributed by atoms with van der Waals surface area (Å²) >= 11 is 4.74. The van der Waals surface area contributed by atoms with Gasteiger partial charge in [0.2, 0.25) is 0 Å². The summed E-state index contributed by atoms with van der Waals surface area (Å²) in [7, 11) is 1.92. The van der Waals surface area contributed by atoms with Crippen molar-refractivity contribution < 1.29 is 18.7 Å². The van der Waals surface area contributed by atoms with E-state index in [0.29, 0.717) is 21.5 Å². The summed E-state index contributed by atoms with van der Waals surface area (Å²) in [6.45, 7) is 2.03. The van der Waals surface area contributed by atoms with Gasteiger partial charge < -0.3 is 19.0 Å². The number of halogens is 2. The number of furan rings is 1. The van der Waals surface area contributed by atoms with Crippen LogP contribution in [0.3, 0.4) is 0 Å². The number of hydrogen-bond donors (Lipinski definition) is 1. The van der Waals surface area contributed by atoms with Crippen LogP contribution in [0, 0.1) is 5.82 Å². The van der Waals surface area contributed by atoms with Crippen LogP contribution < -0.4 is 0 Å². The van der Waals surface area contributed by atoms with Crippen molar-refractivity contribution in [2.45, 2.75) is 29.5 Å². The molecule has 39 heavy (non-hydrogen) atoms. The Hall–Kier alpha value is -3.48. The predicted molar refractivity (Wildman–Crippen MR) is 147 cm³/mol. The number of amides is 1. The molecule has 1 aliphatic rings. The molecule has 0 aliphatic carbocycles. The molecule has 9 nitrogen and oxygen atoms in total. The van der Waals surface area contributed by atoms with Crippen LogP contribution in [0.5, 0.6) is 0 Å². The first kappa shape index (κ1) is 25.8. The van der Waals surface area contributed by atoms with Crippen LogP contribution in [0.25, 0.3) is 11.0 Å². The first-order chi connectivity index (χ1) is 18.7. The van der Waals surface area contributed by atoms with E-state index in [4.69, 9.17) is 4.42 Å². The van der Waals surface area contributed by atoms with Crippen LogP contribution in [-0.2, 0) is 18.4 Å². The molecule has 0 unspecified atom stereocenters. The minimum atomic E-state index is -1.33. The van der Waals surface area contributed by atoms with Crippen molar-refractivity contribution in [3.05, 3.63) is 93.9 Å². The van der Waals surface area contributed by atoms with Gasteiger partial charge in [0.05, 0.1) is 29.8 Å². The number of β-amino-alcohol motifs (C(OH)–C–C–N with tert-alkyl or cyclic N) is 1. The van der Waals surface area contributed by atoms with Crippen molar-refractivity contribution in [2.75, 3.05) is 13.1 Å². The number of benzene rings is 2. The Morgan fingerprint density at radius 3 is 2.82 bits per heavy atom. The standard InChI is InChI=1S/C27H24BrFN6O3S/c1-16(17-7-8-21(29)20(28)11-17)35-12-23(31-32-35)27(37)14-34(15-27)25(36)24-19(13-39-26-30-9-10-33(26)2)18-5-3-4-6-22(18)38-24/h3-12,16,37H,13-15H2,1-2H3/t16-/m1/s1. The van der Waals surface area contributed by atoms with Gasteiger partial charge in [-0.1, -0.05) is 41.2 Å².